The molecule has 1 aromatic carbocycles. The fourth-order valence-electron chi connectivity index (χ4n) is 1.87. The third-order valence-electron chi connectivity index (χ3n) is 3.14. The van der Waals surface area contributed by atoms with E-state index in [9.17, 15) is 0 Å². The van der Waals surface area contributed by atoms with Crippen LogP contribution in [0.25, 0.3) is 0 Å². The van der Waals surface area contributed by atoms with Crippen molar-refractivity contribution in [2.24, 2.45) is 5.73 Å². The summed E-state index contributed by atoms with van der Waals surface area (Å²) in [4.78, 5) is 8.35. The average Bonchev–Trinajstić information content (AvgIpc) is 2.40. The van der Waals surface area contributed by atoms with Crippen LogP contribution in [-0.2, 0) is 12.0 Å². The van der Waals surface area contributed by atoms with E-state index < -0.39 is 0 Å². The maximum absolute atomic E-state index is 5.74. The van der Waals surface area contributed by atoms with Gasteiger partial charge in [-0.3, -0.25) is 0 Å². The van der Waals surface area contributed by atoms with E-state index in [1.807, 2.05) is 13.0 Å². The second-order valence-corrected chi connectivity index (χ2v) is 5.87. The smallest absolute Gasteiger partial charge is 0.322 e. The van der Waals surface area contributed by atoms with Crippen LogP contribution in [0.1, 0.15) is 37.6 Å². The number of ether oxygens (including phenoxy) is 1. The van der Waals surface area contributed by atoms with Gasteiger partial charge in [0.25, 0.3) is 0 Å². The van der Waals surface area contributed by atoms with Crippen molar-refractivity contribution in [3.8, 4) is 11.8 Å². The number of rotatable bonds is 3. The van der Waals surface area contributed by atoms with Gasteiger partial charge in [-0.05, 0) is 35.6 Å². The summed E-state index contributed by atoms with van der Waals surface area (Å²) in [5, 5.41) is 0. The van der Waals surface area contributed by atoms with Crippen LogP contribution in [0.4, 0.5) is 0 Å². The van der Waals surface area contributed by atoms with E-state index in [1.54, 1.807) is 12.3 Å². The predicted molar refractivity (Wildman–Crippen MR) is 79.9 cm³/mol. The molecule has 0 fully saturated rings. The molecular formula is C16H21N3O. The van der Waals surface area contributed by atoms with Crippen LogP contribution >= 0.6 is 0 Å². The third-order valence-corrected chi connectivity index (χ3v) is 3.14. The van der Waals surface area contributed by atoms with Gasteiger partial charge in [0.2, 0.25) is 0 Å². The quantitative estimate of drug-likeness (QED) is 0.930. The summed E-state index contributed by atoms with van der Waals surface area (Å²) in [5.74, 6) is 0.771. The molecule has 0 aliphatic heterocycles. The lowest BCUT2D eigenvalue weighted by Crippen LogP contribution is -2.11. The van der Waals surface area contributed by atoms with Crippen molar-refractivity contribution < 1.29 is 4.74 Å². The summed E-state index contributed by atoms with van der Waals surface area (Å²) < 4.78 is 5.74. The molecule has 0 atom stereocenters. The zero-order chi connectivity index (χ0) is 14.8. The SMILES string of the molecule is Cc1cc(C(C)(C)C)ccc1Oc1nccc(CN)n1. The van der Waals surface area contributed by atoms with Crippen LogP contribution in [0.3, 0.4) is 0 Å². The molecule has 2 rings (SSSR count). The molecule has 0 spiro atoms. The highest BCUT2D eigenvalue weighted by molar-refractivity contribution is 5.39. The molecule has 4 heteroatoms. The number of nitrogens with two attached hydrogens (primary N) is 1. The first-order valence-corrected chi connectivity index (χ1v) is 6.71. The maximum atomic E-state index is 5.74. The Bertz CT molecular complexity index is 603. The summed E-state index contributed by atoms with van der Waals surface area (Å²) in [6.07, 6.45) is 1.66. The first kappa shape index (κ1) is 14.5. The minimum Gasteiger partial charge on any atom is -0.424 e. The number of benzene rings is 1. The highest BCUT2D eigenvalue weighted by Gasteiger charge is 2.15. The molecule has 0 bridgehead atoms. The first-order valence-electron chi connectivity index (χ1n) is 6.71. The summed E-state index contributed by atoms with van der Waals surface area (Å²) in [6.45, 7) is 8.97. The van der Waals surface area contributed by atoms with E-state index in [4.69, 9.17) is 10.5 Å². The standard InChI is InChI=1S/C16H21N3O/c1-11-9-12(16(2,3)4)5-6-14(11)20-15-18-8-7-13(10-17)19-15/h5-9H,10,17H2,1-4H3. The van der Waals surface area contributed by atoms with Gasteiger partial charge in [-0.15, -0.1) is 0 Å². The number of aromatic nitrogens is 2. The molecule has 1 heterocycles. The minimum absolute atomic E-state index is 0.124. The largest absolute Gasteiger partial charge is 0.424 e. The predicted octanol–water partition coefficient (Wildman–Crippen LogP) is 3.33. The van der Waals surface area contributed by atoms with E-state index in [0.29, 0.717) is 12.6 Å². The van der Waals surface area contributed by atoms with Crippen molar-refractivity contribution in [2.75, 3.05) is 0 Å². The Kier molecular flexibility index (Phi) is 4.04. The van der Waals surface area contributed by atoms with Crippen LogP contribution < -0.4 is 10.5 Å². The van der Waals surface area contributed by atoms with Crippen molar-refractivity contribution in [1.29, 1.82) is 0 Å². The Morgan fingerprint density at radius 3 is 2.55 bits per heavy atom. The van der Waals surface area contributed by atoms with Crippen molar-refractivity contribution >= 4 is 0 Å². The molecule has 0 saturated heterocycles. The van der Waals surface area contributed by atoms with Gasteiger partial charge in [0.15, 0.2) is 0 Å². The van der Waals surface area contributed by atoms with Gasteiger partial charge in [0.05, 0.1) is 5.69 Å². The van der Waals surface area contributed by atoms with Crippen LogP contribution in [0.5, 0.6) is 11.8 Å². The van der Waals surface area contributed by atoms with E-state index >= 15 is 0 Å². The van der Waals surface area contributed by atoms with Gasteiger partial charge in [0, 0.05) is 12.7 Å². The van der Waals surface area contributed by atoms with Gasteiger partial charge in [-0.2, -0.15) is 4.98 Å². The van der Waals surface area contributed by atoms with Gasteiger partial charge >= 0.3 is 6.01 Å². The number of hydrogen-bond acceptors (Lipinski definition) is 4. The normalized spacial score (nSPS) is 11.4. The van der Waals surface area contributed by atoms with Crippen LogP contribution in [0.2, 0.25) is 0 Å². The third kappa shape index (κ3) is 3.33. The Morgan fingerprint density at radius 1 is 1.20 bits per heavy atom. The molecule has 2 aromatic rings. The zero-order valence-corrected chi connectivity index (χ0v) is 12.5. The Hall–Kier alpha value is -1.94. The summed E-state index contributed by atoms with van der Waals surface area (Å²) in [6, 6.07) is 8.30. The van der Waals surface area contributed by atoms with E-state index in [-0.39, 0.29) is 5.41 Å². The minimum atomic E-state index is 0.124. The summed E-state index contributed by atoms with van der Waals surface area (Å²) in [7, 11) is 0. The fourth-order valence-corrected chi connectivity index (χ4v) is 1.87. The Labute approximate surface area is 120 Å². The molecule has 0 unspecified atom stereocenters. The van der Waals surface area contributed by atoms with Crippen LogP contribution in [0.15, 0.2) is 30.5 Å². The highest BCUT2D eigenvalue weighted by Crippen LogP contribution is 2.29. The molecule has 0 aliphatic carbocycles. The number of aryl methyl sites for hydroxylation is 1. The van der Waals surface area contributed by atoms with E-state index in [0.717, 1.165) is 17.0 Å². The van der Waals surface area contributed by atoms with Crippen molar-refractivity contribution in [2.45, 2.75) is 39.7 Å². The number of nitrogens with zero attached hydrogens (tertiary/aromatic N) is 2. The lowest BCUT2D eigenvalue weighted by Gasteiger charge is -2.20. The van der Waals surface area contributed by atoms with Gasteiger partial charge in [-0.1, -0.05) is 32.9 Å². The molecule has 4 nitrogen and oxygen atoms in total. The molecule has 106 valence electrons. The second-order valence-electron chi connectivity index (χ2n) is 5.87. The fraction of sp³-hybridized carbons (Fsp3) is 0.375. The molecular weight excluding hydrogens is 250 g/mol. The Balaban J connectivity index is 2.25. The molecule has 1 aromatic heterocycles. The molecule has 0 radical (unpaired) electrons. The van der Waals surface area contributed by atoms with Crippen molar-refractivity contribution in [3.63, 3.8) is 0 Å². The monoisotopic (exact) mass is 271 g/mol. The molecule has 0 amide bonds. The van der Waals surface area contributed by atoms with Gasteiger partial charge in [-0.25, -0.2) is 4.98 Å². The number of hydrogen-bond donors (Lipinski definition) is 1. The molecule has 20 heavy (non-hydrogen) atoms. The average molecular weight is 271 g/mol. The van der Waals surface area contributed by atoms with E-state index in [1.165, 1.54) is 5.56 Å². The van der Waals surface area contributed by atoms with E-state index in [2.05, 4.69) is 42.9 Å². The zero-order valence-electron chi connectivity index (χ0n) is 12.5. The van der Waals surface area contributed by atoms with Crippen molar-refractivity contribution in [3.05, 3.63) is 47.3 Å². The second kappa shape index (κ2) is 5.59. The van der Waals surface area contributed by atoms with Gasteiger partial charge < -0.3 is 10.5 Å². The highest BCUT2D eigenvalue weighted by atomic mass is 16.5. The topological polar surface area (TPSA) is 61.0 Å². The summed E-state index contributed by atoms with van der Waals surface area (Å²) in [5.41, 5.74) is 8.80. The Morgan fingerprint density at radius 2 is 1.95 bits per heavy atom. The summed E-state index contributed by atoms with van der Waals surface area (Å²) >= 11 is 0. The lowest BCUT2D eigenvalue weighted by atomic mass is 9.86. The molecule has 0 saturated carbocycles. The van der Waals surface area contributed by atoms with Crippen LogP contribution in [0, 0.1) is 6.92 Å². The maximum Gasteiger partial charge on any atom is 0.322 e. The lowest BCUT2D eigenvalue weighted by molar-refractivity contribution is 0.435. The van der Waals surface area contributed by atoms with Crippen molar-refractivity contribution in [1.82, 2.24) is 9.97 Å². The first-order chi connectivity index (χ1) is 9.40. The van der Waals surface area contributed by atoms with Gasteiger partial charge in [0.1, 0.15) is 5.75 Å². The van der Waals surface area contributed by atoms with Crippen LogP contribution in [-0.4, -0.2) is 9.97 Å². The molecule has 2 N–H and O–H groups in total. The molecule has 0 aliphatic rings.